The summed E-state index contributed by atoms with van der Waals surface area (Å²) in [7, 11) is -16.4. The molecule has 2 aromatic heterocycles. The Balaban J connectivity index is 1.26. The first-order valence-corrected chi connectivity index (χ1v) is 29.2. The Hall–Kier alpha value is -3.48. The summed E-state index contributed by atoms with van der Waals surface area (Å²) in [5.74, 6) is -1.06. The van der Waals surface area contributed by atoms with Crippen molar-refractivity contribution in [2.24, 2.45) is 5.41 Å². The van der Waals surface area contributed by atoms with Crippen molar-refractivity contribution >= 4 is 69.1 Å². The molecule has 3 unspecified atom stereocenters. The Morgan fingerprint density at radius 3 is 2.10 bits per heavy atom. The van der Waals surface area contributed by atoms with Gasteiger partial charge in [0.2, 0.25) is 11.8 Å². The lowest BCUT2D eigenvalue weighted by Crippen LogP contribution is -2.46. The predicted octanol–water partition coefficient (Wildman–Crippen LogP) is 5.98. The monoisotopic (exact) mass is 1100 g/mol. The second-order valence-corrected chi connectivity index (χ2v) is 22.7. The number of aromatic nitrogens is 4. The number of phosphoric acid groups is 3. The van der Waals surface area contributed by atoms with Crippen molar-refractivity contribution in [1.82, 2.24) is 30.2 Å². The normalized spacial score (nSPS) is 20.0. The molecule has 2 aromatic rings. The summed E-state index contributed by atoms with van der Waals surface area (Å²) in [5, 5.41) is 26.7. The average Bonchev–Trinajstić information content (AvgIpc) is 3.87. The predicted molar refractivity (Wildman–Crippen MR) is 269 cm³/mol. The molecule has 3 rings (SSSR count). The Kier molecular flexibility index (Phi) is 28.0. The lowest BCUT2D eigenvalue weighted by molar-refractivity contribution is -0.137. The third-order valence-corrected chi connectivity index (χ3v) is 14.8. The first kappa shape index (κ1) is 62.8. The third kappa shape index (κ3) is 24.2. The maximum atomic E-state index is 12.8. The van der Waals surface area contributed by atoms with Gasteiger partial charge >= 0.3 is 23.5 Å². The van der Waals surface area contributed by atoms with Crippen LogP contribution in [0.2, 0.25) is 0 Å². The van der Waals surface area contributed by atoms with E-state index >= 15 is 0 Å². The van der Waals surface area contributed by atoms with Crippen molar-refractivity contribution < 1.29 is 80.5 Å². The maximum absolute atomic E-state index is 12.8. The summed E-state index contributed by atoms with van der Waals surface area (Å²) >= 11 is 1.14. The number of nitrogens with one attached hydrogen (secondary N) is 2. The van der Waals surface area contributed by atoms with E-state index in [0.29, 0.717) is 12.2 Å². The average molecular weight is 1100 g/mol. The van der Waals surface area contributed by atoms with Gasteiger partial charge in [0.1, 0.15) is 36.3 Å². The maximum Gasteiger partial charge on any atom is 0.481 e. The molecule has 0 aromatic carbocycles. The smallest absolute Gasteiger partial charge is 0.386 e. The van der Waals surface area contributed by atoms with Crippen LogP contribution in [0.1, 0.15) is 117 Å². The second kappa shape index (κ2) is 32.1. The number of hydrogen-bond donors (Lipinski definition) is 9. The molecular formula is C44H72N7O17P3S. The van der Waals surface area contributed by atoms with Gasteiger partial charge in [0.25, 0.3) is 0 Å². The minimum absolute atomic E-state index is 0.0313. The zero-order chi connectivity index (χ0) is 53.2. The number of ether oxygens (including phenoxy) is 1. The fraction of sp³-hybridized carbons (Fsp3) is 0.636. The van der Waals surface area contributed by atoms with Gasteiger partial charge in [-0.3, -0.25) is 32.5 Å². The molecule has 1 saturated heterocycles. The number of hydrogen-bond acceptors (Lipinski definition) is 18. The molecule has 0 spiro atoms. The number of nitrogen functional groups attached to an aromatic ring is 1. The van der Waals surface area contributed by atoms with E-state index in [1.807, 2.05) is 0 Å². The number of aliphatic hydroxyl groups is 2. The number of phosphoric ester groups is 3. The summed E-state index contributed by atoms with van der Waals surface area (Å²) in [6.45, 7) is 2.75. The Bertz CT molecular complexity index is 2280. The van der Waals surface area contributed by atoms with Gasteiger partial charge in [-0.05, 0) is 51.4 Å². The molecule has 0 aliphatic carbocycles. The van der Waals surface area contributed by atoms with Crippen molar-refractivity contribution in [2.45, 2.75) is 141 Å². The van der Waals surface area contributed by atoms with Gasteiger partial charge in [0.05, 0.1) is 19.5 Å². The van der Waals surface area contributed by atoms with Crippen LogP contribution in [0.25, 0.3) is 11.2 Å². The Labute approximate surface area is 424 Å². The van der Waals surface area contributed by atoms with Crippen LogP contribution in [0.4, 0.5) is 5.82 Å². The highest BCUT2D eigenvalue weighted by molar-refractivity contribution is 8.13. The molecule has 0 saturated carbocycles. The first-order chi connectivity index (χ1) is 34.1. The van der Waals surface area contributed by atoms with E-state index in [0.717, 1.165) is 80.4 Å². The topological polar surface area (TPSA) is 364 Å². The molecule has 1 aliphatic heterocycles. The van der Waals surface area contributed by atoms with Gasteiger partial charge in [0, 0.05) is 37.1 Å². The number of rotatable bonds is 36. The Morgan fingerprint density at radius 2 is 1.46 bits per heavy atom. The van der Waals surface area contributed by atoms with E-state index in [1.165, 1.54) is 39.5 Å². The molecule has 2 amide bonds. The molecule has 10 N–H and O–H groups in total. The molecule has 7 atom stereocenters. The minimum Gasteiger partial charge on any atom is -0.386 e. The lowest BCUT2D eigenvalue weighted by atomic mass is 9.87. The van der Waals surface area contributed by atoms with Crippen LogP contribution in [0.3, 0.4) is 0 Å². The van der Waals surface area contributed by atoms with Gasteiger partial charge in [0.15, 0.2) is 22.8 Å². The summed E-state index contributed by atoms with van der Waals surface area (Å²) in [4.78, 5) is 88.5. The van der Waals surface area contributed by atoms with E-state index < -0.39 is 84.6 Å². The lowest BCUT2D eigenvalue weighted by Gasteiger charge is -2.30. The van der Waals surface area contributed by atoms with Gasteiger partial charge in [-0.1, -0.05) is 107 Å². The van der Waals surface area contributed by atoms with Gasteiger partial charge in [-0.25, -0.2) is 28.6 Å². The van der Waals surface area contributed by atoms with Gasteiger partial charge in [-0.15, -0.1) is 0 Å². The zero-order valence-electron chi connectivity index (χ0n) is 40.9. The van der Waals surface area contributed by atoms with Crippen LogP contribution < -0.4 is 16.4 Å². The van der Waals surface area contributed by atoms with E-state index in [1.54, 1.807) is 0 Å². The summed E-state index contributed by atoms with van der Waals surface area (Å²) < 4.78 is 62.5. The van der Waals surface area contributed by atoms with E-state index in [-0.39, 0.29) is 41.6 Å². The largest absolute Gasteiger partial charge is 0.481 e. The Morgan fingerprint density at radius 1 is 0.847 bits per heavy atom. The standard InChI is InChI=1S/C44H72N7O17P3S/c1-4-5-6-7-8-9-10-11-12-13-14-15-16-17-18-19-20-21-22-23-24-35(53)72-28-27-46-34(52)25-26-47-42(56)39(55)44(2,3)30-65-71(62,63)68-70(60,61)64-29-33-38(67-69(57,58)59)37(54)43(66-33)51-32-50-36-40(45)48-31-49-41(36)51/h8-9,11-12,14-15,17-18,31-33,37-39,43,54-55H,4-7,10,13,16,19-30H2,1-3H3,(H,46,52)(H,47,56)(H,60,61)(H,62,63)(H2,45,48,49)(H2,57,58,59)/t33-,37?,38+,39+,43-/m1/s1. The molecule has 0 radical (unpaired) electrons. The van der Waals surface area contributed by atoms with Crippen molar-refractivity contribution in [2.75, 3.05) is 37.8 Å². The number of allylic oxidation sites excluding steroid dienone is 8. The quantitative estimate of drug-likeness (QED) is 0.0215. The number of anilines is 1. The van der Waals surface area contributed by atoms with Crippen LogP contribution >= 0.6 is 35.2 Å². The number of nitrogens with two attached hydrogens (primary N) is 1. The number of fused-ring (bicyclic) bond motifs is 1. The molecular weight excluding hydrogens is 1020 g/mol. The van der Waals surface area contributed by atoms with E-state index in [2.05, 4.69) is 90.0 Å². The molecule has 0 bridgehead atoms. The highest BCUT2D eigenvalue weighted by atomic mass is 32.2. The number of carbonyl (C=O) groups excluding carboxylic acids is 3. The highest BCUT2D eigenvalue weighted by Crippen LogP contribution is 2.61. The number of nitrogens with zero attached hydrogens (tertiary/aromatic N) is 4. The van der Waals surface area contributed by atoms with Crippen LogP contribution in [0.5, 0.6) is 0 Å². The summed E-state index contributed by atoms with van der Waals surface area (Å²) in [6.07, 6.45) is 23.8. The van der Waals surface area contributed by atoms with E-state index in [4.69, 9.17) is 19.5 Å². The third-order valence-electron chi connectivity index (χ3n) is 10.7. The van der Waals surface area contributed by atoms with Crippen LogP contribution in [-0.4, -0.2) is 123 Å². The minimum atomic E-state index is -5.58. The van der Waals surface area contributed by atoms with Crippen LogP contribution in [-0.2, 0) is 50.7 Å². The molecule has 1 fully saturated rings. The molecule has 406 valence electrons. The molecule has 3 heterocycles. The van der Waals surface area contributed by atoms with Crippen LogP contribution in [0, 0.1) is 5.41 Å². The number of imidazole rings is 1. The van der Waals surface area contributed by atoms with Crippen molar-refractivity contribution in [3.05, 3.63) is 61.3 Å². The van der Waals surface area contributed by atoms with Crippen LogP contribution in [0.15, 0.2) is 61.3 Å². The summed E-state index contributed by atoms with van der Waals surface area (Å²) in [5.41, 5.74) is 4.28. The number of unbranched alkanes of at least 4 members (excludes halogenated alkanes) is 7. The number of thioether (sulfide) groups is 1. The highest BCUT2D eigenvalue weighted by Gasteiger charge is 2.50. The first-order valence-electron chi connectivity index (χ1n) is 23.7. The van der Waals surface area contributed by atoms with Crippen molar-refractivity contribution in [3.63, 3.8) is 0 Å². The zero-order valence-corrected chi connectivity index (χ0v) is 44.4. The fourth-order valence-corrected chi connectivity index (χ4v) is 10.4. The number of aliphatic hydroxyl groups excluding tert-OH is 2. The molecule has 24 nitrogen and oxygen atoms in total. The molecule has 72 heavy (non-hydrogen) atoms. The van der Waals surface area contributed by atoms with E-state index in [9.17, 15) is 57.9 Å². The number of carbonyl (C=O) groups is 3. The molecule has 1 aliphatic rings. The van der Waals surface area contributed by atoms with Crippen molar-refractivity contribution in [1.29, 1.82) is 0 Å². The fourth-order valence-electron chi connectivity index (χ4n) is 6.81. The SMILES string of the molecule is CCCCCC=CCC=CCC=CCC=CCCCCCCC(=O)SCCNC(=O)CCNC(=O)[C@H](O)C(C)(C)COP(=O)(O)OP(=O)(O)OC[C@H]1O[C@@H](n2cnc3c(N)ncnc32)C(O)[C@H]1OP(=O)(O)O. The summed E-state index contributed by atoms with van der Waals surface area (Å²) in [6, 6.07) is 0. The van der Waals surface area contributed by atoms with Crippen molar-refractivity contribution in [3.8, 4) is 0 Å². The second-order valence-electron chi connectivity index (χ2n) is 17.3. The molecule has 28 heteroatoms. The number of amides is 2. The van der Waals surface area contributed by atoms with Gasteiger partial charge in [-0.2, -0.15) is 4.31 Å². The van der Waals surface area contributed by atoms with Gasteiger partial charge < -0.3 is 50.9 Å².